The van der Waals surface area contributed by atoms with Crippen molar-refractivity contribution in [1.82, 2.24) is 4.98 Å². The Bertz CT molecular complexity index is 562. The monoisotopic (exact) mass is 265 g/mol. The van der Waals surface area contributed by atoms with Crippen molar-refractivity contribution in [2.75, 3.05) is 0 Å². The third kappa shape index (κ3) is 2.31. The molecule has 7 heteroatoms. The summed E-state index contributed by atoms with van der Waals surface area (Å²) in [7, 11) is -0.868. The molecule has 0 unspecified atom stereocenters. The second kappa shape index (κ2) is 4.21. The molecule has 1 saturated heterocycles. The van der Waals surface area contributed by atoms with Crippen LogP contribution in [0.1, 0.15) is 38.1 Å². The molecule has 0 saturated carbocycles. The lowest BCUT2D eigenvalue weighted by molar-refractivity contribution is 0.00578. The molecule has 1 aromatic rings. The van der Waals surface area contributed by atoms with Gasteiger partial charge < -0.3 is 19.4 Å². The van der Waals surface area contributed by atoms with E-state index < -0.39 is 29.8 Å². The number of hydrogen-bond acceptors (Lipinski definition) is 4. The normalized spacial score (nSPS) is 20.5. The van der Waals surface area contributed by atoms with E-state index in [1.165, 1.54) is 6.07 Å². The van der Waals surface area contributed by atoms with E-state index in [1.807, 2.05) is 27.7 Å². The molecule has 6 nitrogen and oxygen atoms in total. The Morgan fingerprint density at radius 1 is 1.26 bits per heavy atom. The van der Waals surface area contributed by atoms with E-state index in [2.05, 4.69) is 4.98 Å². The molecule has 0 amide bonds. The molecule has 1 aliphatic heterocycles. The number of nitrogens with one attached hydrogen (secondary N) is 1. The number of H-pyrrole nitrogens is 1. The molecule has 2 rings (SSSR count). The van der Waals surface area contributed by atoms with Crippen LogP contribution in [-0.2, 0) is 9.31 Å². The molecule has 19 heavy (non-hydrogen) atoms. The fourth-order valence-corrected chi connectivity index (χ4v) is 1.77. The molecule has 2 heterocycles. The van der Waals surface area contributed by atoms with Gasteiger partial charge in [0.25, 0.3) is 0 Å². The quantitative estimate of drug-likeness (QED) is 0.754. The van der Waals surface area contributed by atoms with E-state index in [1.54, 1.807) is 0 Å². The predicted octanol–water partition coefficient (Wildman–Crippen LogP) is 0.372. The van der Waals surface area contributed by atoms with Crippen molar-refractivity contribution in [3.8, 4) is 0 Å². The van der Waals surface area contributed by atoms with Crippen molar-refractivity contribution < 1.29 is 19.2 Å². The minimum absolute atomic E-state index is 0.00990. The number of carboxylic acids is 1. The molecule has 1 aromatic heterocycles. The van der Waals surface area contributed by atoms with Gasteiger partial charge in [0.1, 0.15) is 0 Å². The summed E-state index contributed by atoms with van der Waals surface area (Å²) in [6.45, 7) is 7.45. The predicted molar refractivity (Wildman–Crippen MR) is 69.7 cm³/mol. The first-order valence-electron chi connectivity index (χ1n) is 5.95. The number of hydrogen-bond donors (Lipinski definition) is 2. The molecule has 1 fully saturated rings. The lowest BCUT2D eigenvalue weighted by Crippen LogP contribution is -2.45. The zero-order valence-electron chi connectivity index (χ0n) is 11.3. The smallest absolute Gasteiger partial charge is 0.478 e. The second-order valence-corrected chi connectivity index (χ2v) is 5.57. The molecule has 1 aliphatic rings. The third-order valence-corrected chi connectivity index (χ3v) is 3.69. The first-order chi connectivity index (χ1) is 8.64. The fourth-order valence-electron chi connectivity index (χ4n) is 1.77. The van der Waals surface area contributed by atoms with E-state index in [-0.39, 0.29) is 11.0 Å². The number of aromatic amines is 1. The lowest BCUT2D eigenvalue weighted by atomic mass is 9.79. The van der Waals surface area contributed by atoms with Crippen LogP contribution in [0.15, 0.2) is 17.1 Å². The highest BCUT2D eigenvalue weighted by molar-refractivity contribution is 6.62. The number of carboxylic acid groups (broad SMARTS) is 1. The van der Waals surface area contributed by atoms with Crippen molar-refractivity contribution in [2.24, 2.45) is 0 Å². The Morgan fingerprint density at radius 3 is 2.26 bits per heavy atom. The highest BCUT2D eigenvalue weighted by Crippen LogP contribution is 2.36. The number of aromatic carboxylic acids is 1. The van der Waals surface area contributed by atoms with Crippen LogP contribution in [0, 0.1) is 0 Å². The zero-order chi connectivity index (χ0) is 14.4. The molecule has 0 radical (unpaired) electrons. The molecule has 102 valence electrons. The van der Waals surface area contributed by atoms with Crippen LogP contribution in [-0.4, -0.2) is 34.4 Å². The molecular formula is C12H16BNO5. The number of carbonyl (C=O) groups is 1. The maximum atomic E-state index is 11.8. The number of aromatic nitrogens is 1. The van der Waals surface area contributed by atoms with Crippen LogP contribution < -0.4 is 11.0 Å². The summed E-state index contributed by atoms with van der Waals surface area (Å²) in [4.78, 5) is 25.1. The lowest BCUT2D eigenvalue weighted by Gasteiger charge is -2.32. The summed E-state index contributed by atoms with van der Waals surface area (Å²) in [5.41, 5.74) is -1.42. The number of rotatable bonds is 2. The van der Waals surface area contributed by atoms with Crippen molar-refractivity contribution in [1.29, 1.82) is 0 Å². The van der Waals surface area contributed by atoms with Crippen LogP contribution in [0.2, 0.25) is 0 Å². The molecule has 0 atom stereocenters. The molecular weight excluding hydrogens is 249 g/mol. The summed E-state index contributed by atoms with van der Waals surface area (Å²) in [5.74, 6) is -1.12. The van der Waals surface area contributed by atoms with E-state index in [9.17, 15) is 9.59 Å². The maximum absolute atomic E-state index is 11.8. The minimum Gasteiger partial charge on any atom is -0.478 e. The average molecular weight is 265 g/mol. The van der Waals surface area contributed by atoms with E-state index in [4.69, 9.17) is 14.4 Å². The second-order valence-electron chi connectivity index (χ2n) is 5.57. The van der Waals surface area contributed by atoms with Crippen LogP contribution >= 0.6 is 0 Å². The highest BCUT2D eigenvalue weighted by Gasteiger charge is 2.52. The SMILES string of the molecule is CC1(C)OB(c2cc(C(=O)O)c[nH]c2=O)OC1(C)C. The minimum atomic E-state index is -1.12. The van der Waals surface area contributed by atoms with Gasteiger partial charge in [0.2, 0.25) is 5.56 Å². The van der Waals surface area contributed by atoms with Crippen molar-refractivity contribution >= 4 is 18.6 Å². The van der Waals surface area contributed by atoms with Crippen molar-refractivity contribution in [2.45, 2.75) is 38.9 Å². The van der Waals surface area contributed by atoms with Gasteiger partial charge in [-0.3, -0.25) is 4.79 Å². The summed E-state index contributed by atoms with van der Waals surface area (Å²) in [6.07, 6.45) is 1.15. The Balaban J connectivity index is 2.42. The van der Waals surface area contributed by atoms with Crippen molar-refractivity contribution in [3.05, 3.63) is 28.2 Å². The molecule has 0 spiro atoms. The molecule has 0 aliphatic carbocycles. The molecule has 0 bridgehead atoms. The number of pyridine rings is 1. The van der Waals surface area contributed by atoms with Crippen LogP contribution in [0.5, 0.6) is 0 Å². The van der Waals surface area contributed by atoms with Crippen LogP contribution in [0.4, 0.5) is 0 Å². The summed E-state index contributed by atoms with van der Waals surface area (Å²) >= 11 is 0. The molecule has 2 N–H and O–H groups in total. The van der Waals surface area contributed by atoms with Crippen LogP contribution in [0.25, 0.3) is 0 Å². The third-order valence-electron chi connectivity index (χ3n) is 3.69. The molecule has 0 aromatic carbocycles. The van der Waals surface area contributed by atoms with Gasteiger partial charge in [-0.2, -0.15) is 0 Å². The summed E-state index contributed by atoms with van der Waals surface area (Å²) in [6, 6.07) is 1.28. The Kier molecular flexibility index (Phi) is 3.06. The van der Waals surface area contributed by atoms with Gasteiger partial charge >= 0.3 is 13.1 Å². The van der Waals surface area contributed by atoms with Gasteiger partial charge in [-0.05, 0) is 33.8 Å². The average Bonchev–Trinajstić information content (AvgIpc) is 2.48. The zero-order valence-corrected chi connectivity index (χ0v) is 11.3. The first-order valence-corrected chi connectivity index (χ1v) is 5.95. The van der Waals surface area contributed by atoms with E-state index in [0.29, 0.717) is 0 Å². The van der Waals surface area contributed by atoms with Gasteiger partial charge in [-0.25, -0.2) is 4.79 Å². The van der Waals surface area contributed by atoms with Gasteiger partial charge in [0.15, 0.2) is 0 Å². The van der Waals surface area contributed by atoms with E-state index >= 15 is 0 Å². The van der Waals surface area contributed by atoms with Gasteiger partial charge in [0.05, 0.1) is 16.8 Å². The standard InChI is InChI=1S/C12H16BNO5/c1-11(2)12(3,4)19-13(18-11)8-5-7(10(16)17)6-14-9(8)15/h5-6H,1-4H3,(H,14,15)(H,16,17). The topological polar surface area (TPSA) is 88.6 Å². The first kappa shape index (κ1) is 13.8. The van der Waals surface area contributed by atoms with Gasteiger partial charge in [0, 0.05) is 11.7 Å². The van der Waals surface area contributed by atoms with Crippen molar-refractivity contribution in [3.63, 3.8) is 0 Å². The van der Waals surface area contributed by atoms with Crippen LogP contribution in [0.3, 0.4) is 0 Å². The fraction of sp³-hybridized carbons (Fsp3) is 0.500. The van der Waals surface area contributed by atoms with Gasteiger partial charge in [-0.1, -0.05) is 0 Å². The van der Waals surface area contributed by atoms with Gasteiger partial charge in [-0.15, -0.1) is 0 Å². The highest BCUT2D eigenvalue weighted by atomic mass is 16.7. The van der Waals surface area contributed by atoms with E-state index in [0.717, 1.165) is 6.20 Å². The largest absolute Gasteiger partial charge is 0.500 e. The Labute approximate surface area is 110 Å². The summed E-state index contributed by atoms with van der Waals surface area (Å²) < 4.78 is 11.5. The maximum Gasteiger partial charge on any atom is 0.500 e. The summed E-state index contributed by atoms with van der Waals surface area (Å²) in [5, 5.41) is 8.94. The Hall–Kier alpha value is -1.60. The Morgan fingerprint density at radius 2 is 1.79 bits per heavy atom.